The van der Waals surface area contributed by atoms with Gasteiger partial charge in [0.25, 0.3) is 5.56 Å². The van der Waals surface area contributed by atoms with E-state index in [0.717, 1.165) is 23.9 Å². The van der Waals surface area contributed by atoms with Crippen molar-refractivity contribution in [2.24, 2.45) is 5.92 Å². The molecule has 1 aromatic carbocycles. The van der Waals surface area contributed by atoms with Crippen LogP contribution in [0, 0.1) is 5.92 Å². The first-order chi connectivity index (χ1) is 15.7. The standard InChI is InChI=1S/C24H29N5O4/c1-24(2,3)33-23(32)28-11-9-14(10-12-28)18-13-19(30)26-21-20-16(25-22(31)15-7-8-15)5-4-6-17(20)27-29(18)21/h4-6,13-15H,7-12H2,1-3H3,(H,25,31)(H,26,30). The summed E-state index contributed by atoms with van der Waals surface area (Å²) in [4.78, 5) is 42.0. The van der Waals surface area contributed by atoms with Crippen LogP contribution in [-0.2, 0) is 9.53 Å². The zero-order valence-electron chi connectivity index (χ0n) is 19.2. The summed E-state index contributed by atoms with van der Waals surface area (Å²) in [6.07, 6.45) is 2.94. The highest BCUT2D eigenvalue weighted by molar-refractivity contribution is 6.08. The van der Waals surface area contributed by atoms with Crippen LogP contribution >= 0.6 is 0 Å². The Morgan fingerprint density at radius 3 is 2.55 bits per heavy atom. The Bertz CT molecular complexity index is 1290. The summed E-state index contributed by atoms with van der Waals surface area (Å²) in [5.74, 6) is 0.161. The Labute approximate surface area is 191 Å². The summed E-state index contributed by atoms with van der Waals surface area (Å²) in [6, 6.07) is 7.17. The minimum atomic E-state index is -0.533. The number of hydrogen-bond acceptors (Lipinski definition) is 5. The number of hydrogen-bond donors (Lipinski definition) is 2. The van der Waals surface area contributed by atoms with Gasteiger partial charge in [-0.2, -0.15) is 5.10 Å². The van der Waals surface area contributed by atoms with Crippen LogP contribution in [0.15, 0.2) is 29.1 Å². The van der Waals surface area contributed by atoms with Crippen molar-refractivity contribution < 1.29 is 14.3 Å². The van der Waals surface area contributed by atoms with E-state index >= 15 is 0 Å². The van der Waals surface area contributed by atoms with Crippen molar-refractivity contribution in [3.8, 4) is 0 Å². The van der Waals surface area contributed by atoms with Gasteiger partial charge in [0.1, 0.15) is 11.2 Å². The lowest BCUT2D eigenvalue weighted by Crippen LogP contribution is -2.41. The predicted octanol–water partition coefficient (Wildman–Crippen LogP) is 3.64. The molecular weight excluding hydrogens is 422 g/mol. The van der Waals surface area contributed by atoms with E-state index in [9.17, 15) is 14.4 Å². The predicted molar refractivity (Wildman–Crippen MR) is 124 cm³/mol. The molecule has 2 fully saturated rings. The molecule has 2 aliphatic rings. The Morgan fingerprint density at radius 1 is 1.15 bits per heavy atom. The molecular formula is C24H29N5O4. The first kappa shape index (κ1) is 21.5. The Balaban J connectivity index is 1.45. The average Bonchev–Trinajstić information content (AvgIpc) is 3.54. The number of amides is 2. The molecule has 5 rings (SSSR count). The number of piperidine rings is 1. The minimum Gasteiger partial charge on any atom is -0.444 e. The summed E-state index contributed by atoms with van der Waals surface area (Å²) >= 11 is 0. The number of fused-ring (bicyclic) bond motifs is 3. The van der Waals surface area contributed by atoms with Crippen LogP contribution in [0.25, 0.3) is 16.6 Å². The van der Waals surface area contributed by atoms with Gasteiger partial charge in [0.15, 0.2) is 0 Å². The van der Waals surface area contributed by atoms with Crippen LogP contribution < -0.4 is 10.9 Å². The number of anilines is 1. The highest BCUT2D eigenvalue weighted by atomic mass is 16.6. The Kier molecular flexibility index (Phi) is 5.14. The van der Waals surface area contributed by atoms with E-state index in [1.807, 2.05) is 39.0 Å². The van der Waals surface area contributed by atoms with Gasteiger partial charge in [0.2, 0.25) is 5.91 Å². The van der Waals surface area contributed by atoms with Crippen molar-refractivity contribution in [2.45, 2.75) is 58.0 Å². The van der Waals surface area contributed by atoms with E-state index in [1.54, 1.807) is 15.5 Å². The molecule has 9 nitrogen and oxygen atoms in total. The van der Waals surface area contributed by atoms with E-state index in [-0.39, 0.29) is 29.4 Å². The Hall–Kier alpha value is -3.36. The monoisotopic (exact) mass is 451 g/mol. The van der Waals surface area contributed by atoms with Gasteiger partial charge in [-0.15, -0.1) is 0 Å². The maximum absolute atomic E-state index is 12.6. The van der Waals surface area contributed by atoms with Crippen LogP contribution in [0.4, 0.5) is 10.5 Å². The number of nitrogens with one attached hydrogen (secondary N) is 2. The molecule has 0 spiro atoms. The van der Waals surface area contributed by atoms with E-state index < -0.39 is 5.60 Å². The van der Waals surface area contributed by atoms with Gasteiger partial charge >= 0.3 is 6.09 Å². The molecule has 1 aliphatic carbocycles. The fourth-order valence-corrected chi connectivity index (χ4v) is 4.45. The number of H-pyrrole nitrogens is 1. The summed E-state index contributed by atoms with van der Waals surface area (Å²) < 4.78 is 7.28. The molecule has 9 heteroatoms. The highest BCUT2D eigenvalue weighted by Crippen LogP contribution is 2.34. The summed E-state index contributed by atoms with van der Waals surface area (Å²) in [5, 5.41) is 8.49. The molecule has 0 unspecified atom stereocenters. The number of carbonyl (C=O) groups excluding carboxylic acids is 2. The van der Waals surface area contributed by atoms with Gasteiger partial charge in [-0.1, -0.05) is 6.07 Å². The number of aromatic nitrogens is 3. The normalized spacial score (nSPS) is 17.5. The van der Waals surface area contributed by atoms with E-state index in [1.165, 1.54) is 0 Å². The smallest absolute Gasteiger partial charge is 0.410 e. The fourth-order valence-electron chi connectivity index (χ4n) is 4.45. The molecule has 33 heavy (non-hydrogen) atoms. The largest absolute Gasteiger partial charge is 0.444 e. The summed E-state index contributed by atoms with van der Waals surface area (Å²) in [5.41, 5.74) is 2.01. The van der Waals surface area contributed by atoms with Gasteiger partial charge < -0.3 is 19.9 Å². The van der Waals surface area contributed by atoms with Crippen molar-refractivity contribution in [3.63, 3.8) is 0 Å². The van der Waals surface area contributed by atoms with Gasteiger partial charge in [0, 0.05) is 31.0 Å². The number of likely N-dealkylation sites (tertiary alicyclic amines) is 1. The third kappa shape index (κ3) is 4.31. The van der Waals surface area contributed by atoms with Gasteiger partial charge in [0.05, 0.1) is 22.3 Å². The van der Waals surface area contributed by atoms with E-state index in [2.05, 4.69) is 10.3 Å². The molecule has 0 radical (unpaired) electrons. The zero-order valence-corrected chi connectivity index (χ0v) is 19.2. The zero-order chi connectivity index (χ0) is 23.3. The van der Waals surface area contributed by atoms with Gasteiger partial charge in [-0.05, 0) is 58.6 Å². The van der Waals surface area contributed by atoms with Gasteiger partial charge in [-0.25, -0.2) is 9.31 Å². The molecule has 2 aromatic heterocycles. The topological polar surface area (TPSA) is 109 Å². The number of benzene rings is 1. The number of nitrogens with zero attached hydrogens (tertiary/aromatic N) is 3. The lowest BCUT2D eigenvalue weighted by atomic mass is 9.93. The quantitative estimate of drug-likeness (QED) is 0.632. The molecule has 174 valence electrons. The molecule has 3 heterocycles. The van der Waals surface area contributed by atoms with Crippen LogP contribution in [-0.4, -0.2) is 50.2 Å². The summed E-state index contributed by atoms with van der Waals surface area (Å²) in [6.45, 7) is 6.67. The molecule has 0 bridgehead atoms. The average molecular weight is 452 g/mol. The number of ether oxygens (including phenoxy) is 1. The van der Waals surface area contributed by atoms with Crippen molar-refractivity contribution >= 4 is 34.2 Å². The SMILES string of the molecule is CC(C)(C)OC(=O)N1CCC(c2cc(=O)[nH]c3c4c(NC(=O)C5CC5)cccc4nn23)CC1. The molecule has 3 aromatic rings. The lowest BCUT2D eigenvalue weighted by molar-refractivity contribution is -0.117. The Morgan fingerprint density at radius 2 is 1.88 bits per heavy atom. The molecule has 2 N–H and O–H groups in total. The lowest BCUT2D eigenvalue weighted by Gasteiger charge is -2.33. The second-order valence-electron chi connectivity index (χ2n) is 10.0. The van der Waals surface area contributed by atoms with Crippen molar-refractivity contribution in [1.82, 2.24) is 19.5 Å². The number of carbonyl (C=O) groups is 2. The maximum Gasteiger partial charge on any atom is 0.410 e. The third-order valence-corrected chi connectivity index (χ3v) is 6.23. The maximum atomic E-state index is 12.6. The highest BCUT2D eigenvalue weighted by Gasteiger charge is 2.31. The van der Waals surface area contributed by atoms with Crippen molar-refractivity contribution in [3.05, 3.63) is 40.3 Å². The molecule has 1 aliphatic heterocycles. The minimum absolute atomic E-state index is 0.00914. The van der Waals surface area contributed by atoms with Crippen LogP contribution in [0.5, 0.6) is 0 Å². The molecule has 2 amide bonds. The molecule has 1 saturated heterocycles. The van der Waals surface area contributed by atoms with E-state index in [4.69, 9.17) is 9.84 Å². The first-order valence-electron chi connectivity index (χ1n) is 11.5. The van der Waals surface area contributed by atoms with Crippen LogP contribution in [0.2, 0.25) is 0 Å². The second kappa shape index (κ2) is 7.90. The van der Waals surface area contributed by atoms with Crippen LogP contribution in [0.1, 0.15) is 58.1 Å². The van der Waals surface area contributed by atoms with Crippen molar-refractivity contribution in [1.29, 1.82) is 0 Å². The second-order valence-corrected chi connectivity index (χ2v) is 10.0. The van der Waals surface area contributed by atoms with Crippen LogP contribution in [0.3, 0.4) is 0 Å². The number of rotatable bonds is 3. The molecule has 0 atom stereocenters. The fraction of sp³-hybridized carbons (Fsp3) is 0.500. The molecule has 1 saturated carbocycles. The van der Waals surface area contributed by atoms with Gasteiger partial charge in [-0.3, -0.25) is 9.59 Å². The number of aromatic amines is 1. The van der Waals surface area contributed by atoms with Crippen molar-refractivity contribution in [2.75, 3.05) is 18.4 Å². The van der Waals surface area contributed by atoms with E-state index in [0.29, 0.717) is 42.8 Å². The first-order valence-corrected chi connectivity index (χ1v) is 11.5. The third-order valence-electron chi connectivity index (χ3n) is 6.23. The summed E-state index contributed by atoms with van der Waals surface area (Å²) in [7, 11) is 0.